The van der Waals surface area contributed by atoms with E-state index in [1.807, 2.05) is 0 Å². The van der Waals surface area contributed by atoms with E-state index >= 15 is 0 Å². The van der Waals surface area contributed by atoms with Gasteiger partial charge in [0.1, 0.15) is 0 Å². The summed E-state index contributed by atoms with van der Waals surface area (Å²) in [5, 5.41) is 2.60. The van der Waals surface area contributed by atoms with Crippen LogP contribution >= 0.6 is 0 Å². The number of hydrogen-bond acceptors (Lipinski definition) is 2. The summed E-state index contributed by atoms with van der Waals surface area (Å²) in [4.78, 5) is 14.5. The molecule has 0 unspecified atom stereocenters. The van der Waals surface area contributed by atoms with Crippen LogP contribution < -0.4 is 5.32 Å². The van der Waals surface area contributed by atoms with E-state index in [1.54, 1.807) is 19.2 Å². The minimum atomic E-state index is -0.132. The molecule has 1 N–H and O–H groups in total. The summed E-state index contributed by atoms with van der Waals surface area (Å²) in [6, 6.07) is 4.45. The Morgan fingerprint density at radius 1 is 1.75 bits per heavy atom. The van der Waals surface area contributed by atoms with Crippen LogP contribution in [0.25, 0.3) is 0 Å². The first-order valence-electron chi connectivity index (χ1n) is 3.25. The van der Waals surface area contributed by atoms with Crippen molar-refractivity contribution in [3.05, 3.63) is 30.9 Å². The zero-order chi connectivity index (χ0) is 8.10. The van der Waals surface area contributed by atoms with Crippen molar-refractivity contribution < 1.29 is 4.79 Å². The fourth-order valence-electron chi connectivity index (χ4n) is 0.598. The summed E-state index contributed by atoms with van der Waals surface area (Å²) in [6.07, 6.45) is 4.56. The van der Waals surface area contributed by atoms with Crippen molar-refractivity contribution in [3.63, 3.8) is 0 Å². The van der Waals surface area contributed by atoms with Gasteiger partial charge in [0.15, 0.2) is 0 Å². The van der Waals surface area contributed by atoms with Gasteiger partial charge < -0.3 is 21.5 Å². The van der Waals surface area contributed by atoms with Crippen LogP contribution in [0, 0.1) is 12.5 Å². The number of carbonyl (C=O) groups is 1. The van der Waals surface area contributed by atoms with Crippen LogP contribution in [0.1, 0.15) is 6.92 Å². The predicted molar refractivity (Wildman–Crippen MR) is 41.7 cm³/mol. The Morgan fingerprint density at radius 2 is 2.50 bits per heavy atom. The van der Waals surface area contributed by atoms with Crippen molar-refractivity contribution in [2.45, 2.75) is 6.92 Å². The number of anilines is 1. The molecule has 1 rings (SSSR count). The summed E-state index contributed by atoms with van der Waals surface area (Å²) in [6.45, 7) is 1.68. The van der Waals surface area contributed by atoms with Gasteiger partial charge in [-0.15, -0.1) is 5.69 Å². The number of nitrogens with one attached hydrogen (secondary N) is 1. The van der Waals surface area contributed by atoms with E-state index in [4.69, 9.17) is 0 Å². The van der Waals surface area contributed by atoms with Gasteiger partial charge >= 0.3 is 0 Å². The van der Waals surface area contributed by atoms with E-state index < -0.39 is 0 Å². The van der Waals surface area contributed by atoms with Crippen molar-refractivity contribution in [2.75, 3.05) is 5.32 Å². The Kier molecular flexibility index (Phi) is 3.42. The van der Waals surface area contributed by atoms with Gasteiger partial charge in [0.05, 0.1) is 5.91 Å². The topological polar surface area (TPSA) is 42.0 Å². The molecule has 1 aromatic heterocycles. The Balaban J connectivity index is 0.00000121. The number of aromatic nitrogens is 1. The maximum absolute atomic E-state index is 10.8. The van der Waals surface area contributed by atoms with Crippen molar-refractivity contribution in [2.24, 2.45) is 0 Å². The molecule has 0 bridgehead atoms. The van der Waals surface area contributed by atoms with Gasteiger partial charge in [0, 0.05) is 0 Å². The van der Waals surface area contributed by atoms with Crippen LogP contribution in [-0.2, 0) is 4.79 Å². The Morgan fingerprint density at radius 3 is 3.00 bits per heavy atom. The van der Waals surface area contributed by atoms with E-state index in [2.05, 4.69) is 16.4 Å². The third-order valence-corrected chi connectivity index (χ3v) is 1.14. The molecule has 4 heteroatoms. The molecule has 0 aliphatic heterocycles. The van der Waals surface area contributed by atoms with Gasteiger partial charge in [-0.05, 0) is 0 Å². The summed E-state index contributed by atoms with van der Waals surface area (Å²) >= 11 is 0. The van der Waals surface area contributed by atoms with E-state index in [9.17, 15) is 4.79 Å². The molecule has 1 aromatic rings. The van der Waals surface area contributed by atoms with Gasteiger partial charge in [-0.3, -0.25) is 0 Å². The van der Waals surface area contributed by atoms with Gasteiger partial charge in [-0.25, -0.2) is 6.07 Å². The summed E-state index contributed by atoms with van der Waals surface area (Å²) < 4.78 is 0. The molecular weight excluding hydrogens is 407 g/mol. The number of rotatable bonds is 2. The standard InChI is InChI=1S/C8H8N2O.Rf/c1-2-8(11)10-7-3-5-9-6-4-7;/h2-3,5-6H,1H3,(H,9,10,11);/q-2;. The normalized spacial score (nSPS) is 8.08. The van der Waals surface area contributed by atoms with Crippen LogP contribution in [-0.4, -0.2) is 10.9 Å². The van der Waals surface area contributed by atoms with Crippen LogP contribution in [0.4, 0.5) is 5.69 Å². The number of nitrogens with zero attached hydrogens (tertiary/aromatic N) is 1. The van der Waals surface area contributed by atoms with Crippen LogP contribution in [0.2, 0.25) is 0 Å². The minimum Gasteiger partial charge on any atom is -0.386 e. The molecule has 0 fully saturated rings. The van der Waals surface area contributed by atoms with Crippen molar-refractivity contribution in [1.82, 2.24) is 4.98 Å². The molecular formula is C8H8N2ORf-2. The number of carbonyl (C=O) groups excluding carboxylic acids is 1. The zero-order valence-electron chi connectivity index (χ0n) is 6.87. The number of hydrogen-bond donors (Lipinski definition) is 1. The average Bonchev–Trinajstić information content (AvgIpc) is 2.06. The number of pyridine rings is 1. The molecule has 12 heavy (non-hydrogen) atoms. The molecule has 0 atom stereocenters. The molecule has 60 valence electrons. The Hall–Kier alpha value is -2.51. The first-order valence-corrected chi connectivity index (χ1v) is 3.25. The van der Waals surface area contributed by atoms with Gasteiger partial charge in [0.25, 0.3) is 0 Å². The monoisotopic (exact) mass is 415 g/mol. The quantitative estimate of drug-likeness (QED) is 0.734. The van der Waals surface area contributed by atoms with Gasteiger partial charge in [-0.1, -0.05) is 12.4 Å². The number of amides is 1. The van der Waals surface area contributed by atoms with E-state index in [-0.39, 0.29) is 5.91 Å². The molecule has 1 heterocycles. The second-order valence-corrected chi connectivity index (χ2v) is 1.93. The Bertz CT molecular complexity index is 238. The fraction of sp³-hybridized carbons (Fsp3) is 0.125. The molecule has 3 nitrogen and oxygen atoms in total. The Labute approximate surface area is 65.5 Å². The summed E-state index contributed by atoms with van der Waals surface area (Å²) in [7, 11) is 0. The molecule has 0 saturated carbocycles. The van der Waals surface area contributed by atoms with E-state index in [1.165, 1.54) is 12.6 Å². The third-order valence-electron chi connectivity index (χ3n) is 1.14. The third kappa shape index (κ3) is 2.39. The van der Waals surface area contributed by atoms with E-state index in [0.29, 0.717) is 5.69 Å². The molecule has 1 amide bonds. The van der Waals surface area contributed by atoms with Gasteiger partial charge in [0.2, 0.25) is 0 Å². The zero-order valence-corrected chi connectivity index (χ0v) is 13.3. The maximum atomic E-state index is 10.8. The average molecular weight is 415 g/mol. The fourth-order valence-corrected chi connectivity index (χ4v) is 0.598. The minimum absolute atomic E-state index is 0. The smallest absolute Gasteiger partial charge is 0.0839 e. The predicted octanol–water partition coefficient (Wildman–Crippen LogP) is 1.04. The van der Waals surface area contributed by atoms with Crippen molar-refractivity contribution in [1.29, 1.82) is 0 Å². The molecule has 0 saturated heterocycles. The van der Waals surface area contributed by atoms with Crippen LogP contribution in [0.3, 0.4) is 0 Å². The second-order valence-electron chi connectivity index (χ2n) is 1.93. The second kappa shape index (κ2) is 4.33. The van der Waals surface area contributed by atoms with Crippen LogP contribution in [0.5, 0.6) is 0 Å². The maximum Gasteiger partial charge on any atom is 0.0839 e. The molecule has 0 aliphatic rings. The van der Waals surface area contributed by atoms with Crippen molar-refractivity contribution >= 4 is 11.6 Å². The largest absolute Gasteiger partial charge is 0.386 e. The van der Waals surface area contributed by atoms with Crippen LogP contribution in [0.15, 0.2) is 18.5 Å². The summed E-state index contributed by atoms with van der Waals surface area (Å²) in [5.74, 6) is -0.132. The molecule has 0 aliphatic carbocycles. The SMILES string of the molecule is C[CH-]C(=O)Nc1[c-]cncc1.[Rf]. The van der Waals surface area contributed by atoms with Crippen molar-refractivity contribution in [3.8, 4) is 0 Å². The molecule has 0 aromatic carbocycles. The van der Waals surface area contributed by atoms with E-state index in [0.717, 1.165) is 0 Å². The summed E-state index contributed by atoms with van der Waals surface area (Å²) in [5.41, 5.74) is 0.642. The molecule has 0 spiro atoms. The van der Waals surface area contributed by atoms with Gasteiger partial charge in [-0.2, -0.15) is 13.0 Å². The molecule has 0 radical (unpaired) electrons. The first-order chi connectivity index (χ1) is 5.33. The first kappa shape index (κ1) is 9.49.